The number of carbonyl (C=O) groups excluding carboxylic acids is 1. The molecule has 0 aromatic carbocycles. The fraction of sp³-hybridized carbons (Fsp3) is 0.583. The minimum absolute atomic E-state index is 0.0605. The Morgan fingerprint density at radius 2 is 2.29 bits per heavy atom. The Kier molecular flexibility index (Phi) is 5.18. The van der Waals surface area contributed by atoms with Crippen molar-refractivity contribution < 1.29 is 19.1 Å². The highest BCUT2D eigenvalue weighted by Crippen LogP contribution is 2.16. The van der Waals surface area contributed by atoms with Crippen LogP contribution in [0.25, 0.3) is 0 Å². The summed E-state index contributed by atoms with van der Waals surface area (Å²) in [6, 6.07) is 3.24. The largest absolute Gasteiger partial charge is 0.463 e. The van der Waals surface area contributed by atoms with Crippen molar-refractivity contribution in [2.45, 2.75) is 32.4 Å². The van der Waals surface area contributed by atoms with E-state index in [-0.39, 0.29) is 17.9 Å². The van der Waals surface area contributed by atoms with E-state index < -0.39 is 5.97 Å². The lowest BCUT2D eigenvalue weighted by molar-refractivity contribution is 0.0561. The van der Waals surface area contributed by atoms with Gasteiger partial charge in [0.05, 0.1) is 19.3 Å². The van der Waals surface area contributed by atoms with Crippen molar-refractivity contribution in [3.8, 4) is 0 Å². The van der Waals surface area contributed by atoms with Gasteiger partial charge in [-0.05, 0) is 25.5 Å². The van der Waals surface area contributed by atoms with E-state index in [0.29, 0.717) is 18.7 Å². The molecule has 0 fully saturated rings. The molecule has 0 aliphatic carbocycles. The van der Waals surface area contributed by atoms with Crippen molar-refractivity contribution in [2.75, 3.05) is 13.7 Å². The third-order valence-electron chi connectivity index (χ3n) is 2.57. The number of furan rings is 1. The Morgan fingerprint density at radius 3 is 2.88 bits per heavy atom. The summed E-state index contributed by atoms with van der Waals surface area (Å²) >= 11 is 0. The molecule has 0 bridgehead atoms. The van der Waals surface area contributed by atoms with Gasteiger partial charge >= 0.3 is 5.97 Å². The van der Waals surface area contributed by atoms with Crippen LogP contribution < -0.4 is 5.32 Å². The normalized spacial score (nSPS) is 14.4. The van der Waals surface area contributed by atoms with Crippen LogP contribution in [-0.4, -0.2) is 30.8 Å². The lowest BCUT2D eigenvalue weighted by atomic mass is 10.2. The zero-order chi connectivity index (χ0) is 12.8. The number of methoxy groups -OCH3 is 1. The van der Waals surface area contributed by atoms with Crippen LogP contribution in [0.1, 0.15) is 42.6 Å². The Morgan fingerprint density at radius 1 is 1.59 bits per heavy atom. The van der Waals surface area contributed by atoms with Gasteiger partial charge in [-0.25, -0.2) is 4.79 Å². The number of nitrogens with one attached hydrogen (secondary N) is 1. The van der Waals surface area contributed by atoms with Crippen molar-refractivity contribution in [3.63, 3.8) is 0 Å². The van der Waals surface area contributed by atoms with E-state index in [2.05, 4.69) is 10.1 Å². The number of hydrogen-bond donors (Lipinski definition) is 2. The minimum atomic E-state index is -0.489. The maximum Gasteiger partial charge on any atom is 0.373 e. The van der Waals surface area contributed by atoms with Gasteiger partial charge in [0.15, 0.2) is 0 Å². The van der Waals surface area contributed by atoms with E-state index in [0.717, 1.165) is 0 Å². The van der Waals surface area contributed by atoms with Crippen LogP contribution in [0.2, 0.25) is 0 Å². The van der Waals surface area contributed by atoms with E-state index in [9.17, 15) is 9.90 Å². The Balaban J connectivity index is 2.54. The first-order chi connectivity index (χ1) is 8.08. The number of aliphatic hydroxyl groups is 1. The molecule has 5 nitrogen and oxygen atoms in total. The van der Waals surface area contributed by atoms with E-state index >= 15 is 0 Å². The molecule has 0 saturated carbocycles. The van der Waals surface area contributed by atoms with Gasteiger partial charge in [-0.2, -0.15) is 0 Å². The second-order valence-corrected chi connectivity index (χ2v) is 3.89. The maximum absolute atomic E-state index is 11.2. The zero-order valence-corrected chi connectivity index (χ0v) is 10.4. The number of esters is 1. The van der Waals surface area contributed by atoms with Gasteiger partial charge < -0.3 is 19.6 Å². The molecule has 96 valence electrons. The van der Waals surface area contributed by atoms with Crippen molar-refractivity contribution in [1.82, 2.24) is 5.32 Å². The van der Waals surface area contributed by atoms with Gasteiger partial charge in [0.1, 0.15) is 5.76 Å². The van der Waals surface area contributed by atoms with E-state index in [1.807, 2.05) is 13.8 Å². The van der Waals surface area contributed by atoms with Crippen LogP contribution >= 0.6 is 0 Å². The maximum atomic E-state index is 11.2. The molecular formula is C12H19NO4. The van der Waals surface area contributed by atoms with E-state index in [1.165, 1.54) is 7.11 Å². The molecule has 1 aromatic heterocycles. The lowest BCUT2D eigenvalue weighted by Crippen LogP contribution is -2.28. The molecule has 0 aliphatic rings. The molecule has 1 heterocycles. The molecule has 2 N–H and O–H groups in total. The first-order valence-corrected chi connectivity index (χ1v) is 5.68. The Labute approximate surface area is 101 Å². The highest BCUT2D eigenvalue weighted by molar-refractivity contribution is 5.86. The molecule has 0 aliphatic heterocycles. The van der Waals surface area contributed by atoms with Crippen LogP contribution in [0.3, 0.4) is 0 Å². The Bertz CT molecular complexity index is 361. The van der Waals surface area contributed by atoms with Crippen molar-refractivity contribution >= 4 is 5.97 Å². The van der Waals surface area contributed by atoms with Crippen molar-refractivity contribution in [2.24, 2.45) is 0 Å². The zero-order valence-electron chi connectivity index (χ0n) is 10.4. The Hall–Kier alpha value is -1.33. The second-order valence-electron chi connectivity index (χ2n) is 3.89. The number of aliphatic hydroxyl groups excluding tert-OH is 1. The van der Waals surface area contributed by atoms with Crippen LogP contribution in [0.4, 0.5) is 0 Å². The monoisotopic (exact) mass is 241 g/mol. The molecule has 17 heavy (non-hydrogen) atoms. The highest BCUT2D eigenvalue weighted by Gasteiger charge is 2.15. The molecule has 0 amide bonds. The third kappa shape index (κ3) is 3.87. The summed E-state index contributed by atoms with van der Waals surface area (Å²) in [5, 5.41) is 12.5. The molecule has 1 rings (SSSR count). The van der Waals surface area contributed by atoms with Crippen LogP contribution in [0.5, 0.6) is 0 Å². The highest BCUT2D eigenvalue weighted by atomic mass is 16.5. The standard InChI is InChI=1S/C12H19NO4/c1-4-9(14)7-13-8(2)10-5-6-11(17-10)12(15)16-3/h5-6,8-9,13-14H,4,7H2,1-3H3. The topological polar surface area (TPSA) is 71.7 Å². The smallest absolute Gasteiger partial charge is 0.373 e. The fourth-order valence-corrected chi connectivity index (χ4v) is 1.35. The van der Waals surface area contributed by atoms with Crippen molar-refractivity contribution in [1.29, 1.82) is 0 Å². The summed E-state index contributed by atoms with van der Waals surface area (Å²) in [5.74, 6) is 0.345. The number of rotatable bonds is 6. The predicted molar refractivity (Wildman–Crippen MR) is 62.8 cm³/mol. The van der Waals surface area contributed by atoms with Crippen LogP contribution in [-0.2, 0) is 4.74 Å². The SMILES string of the molecule is CCC(O)CNC(C)c1ccc(C(=O)OC)o1. The molecule has 5 heteroatoms. The van der Waals surface area contributed by atoms with Gasteiger partial charge in [0.2, 0.25) is 5.76 Å². The summed E-state index contributed by atoms with van der Waals surface area (Å²) in [6.07, 6.45) is 0.332. The first kappa shape index (κ1) is 13.7. The summed E-state index contributed by atoms with van der Waals surface area (Å²) in [5.41, 5.74) is 0. The number of carbonyl (C=O) groups is 1. The van der Waals surface area contributed by atoms with Gasteiger partial charge in [-0.3, -0.25) is 0 Å². The summed E-state index contributed by atoms with van der Waals surface area (Å²) in [7, 11) is 1.31. The molecule has 0 spiro atoms. The molecule has 2 unspecified atom stereocenters. The van der Waals surface area contributed by atoms with Crippen molar-refractivity contribution in [3.05, 3.63) is 23.7 Å². The van der Waals surface area contributed by atoms with Gasteiger partial charge in [-0.1, -0.05) is 6.92 Å². The van der Waals surface area contributed by atoms with Crippen LogP contribution in [0.15, 0.2) is 16.5 Å². The summed E-state index contributed by atoms with van der Waals surface area (Å²) in [4.78, 5) is 11.2. The van der Waals surface area contributed by atoms with E-state index in [1.54, 1.807) is 12.1 Å². The van der Waals surface area contributed by atoms with Gasteiger partial charge in [0, 0.05) is 6.54 Å². The summed E-state index contributed by atoms with van der Waals surface area (Å²) in [6.45, 7) is 4.31. The predicted octanol–water partition coefficient (Wildman–Crippen LogP) is 1.49. The molecule has 2 atom stereocenters. The van der Waals surface area contributed by atoms with Gasteiger partial charge in [-0.15, -0.1) is 0 Å². The summed E-state index contributed by atoms with van der Waals surface area (Å²) < 4.78 is 9.90. The average molecular weight is 241 g/mol. The van der Waals surface area contributed by atoms with Gasteiger partial charge in [0.25, 0.3) is 0 Å². The lowest BCUT2D eigenvalue weighted by Gasteiger charge is -2.14. The third-order valence-corrected chi connectivity index (χ3v) is 2.57. The quantitative estimate of drug-likeness (QED) is 0.738. The minimum Gasteiger partial charge on any atom is -0.463 e. The second kappa shape index (κ2) is 6.42. The van der Waals surface area contributed by atoms with Crippen LogP contribution in [0, 0.1) is 0 Å². The molecule has 0 saturated heterocycles. The molecule has 1 aromatic rings. The number of hydrogen-bond acceptors (Lipinski definition) is 5. The average Bonchev–Trinajstić information content (AvgIpc) is 2.83. The van der Waals surface area contributed by atoms with E-state index in [4.69, 9.17) is 4.42 Å². The first-order valence-electron chi connectivity index (χ1n) is 5.68. The number of ether oxygens (including phenoxy) is 1. The molecule has 0 radical (unpaired) electrons. The fourth-order valence-electron chi connectivity index (χ4n) is 1.35. The molecular weight excluding hydrogens is 222 g/mol.